The highest BCUT2D eigenvalue weighted by Crippen LogP contribution is 2.24. The number of benzene rings is 1. The van der Waals surface area contributed by atoms with E-state index < -0.39 is 17.5 Å². The molecule has 0 saturated carbocycles. The number of urea groups is 1. The predicted octanol–water partition coefficient (Wildman–Crippen LogP) is 2.01. The monoisotopic (exact) mass is 317 g/mol. The summed E-state index contributed by atoms with van der Waals surface area (Å²) in [6.45, 7) is 0.241. The molecular weight excluding hydrogens is 305 g/mol. The Morgan fingerprint density at radius 3 is 2.40 bits per heavy atom. The number of hydrogen-bond acceptors (Lipinski definition) is 3. The number of likely N-dealkylation sites (tertiary alicyclic amines) is 1. The number of anilines is 1. The summed E-state index contributed by atoms with van der Waals surface area (Å²) in [5, 5.41) is 12.4. The van der Waals surface area contributed by atoms with Gasteiger partial charge in [-0.15, -0.1) is 0 Å². The van der Waals surface area contributed by atoms with E-state index in [9.17, 15) is 9.59 Å². The molecule has 0 bridgehead atoms. The molecule has 1 aliphatic rings. The van der Waals surface area contributed by atoms with Gasteiger partial charge in [0.05, 0.1) is 6.54 Å². The van der Waals surface area contributed by atoms with Crippen LogP contribution in [0.1, 0.15) is 6.42 Å². The summed E-state index contributed by atoms with van der Waals surface area (Å²) in [6, 6.07) is 4.21. The molecule has 108 valence electrons. The highest BCUT2D eigenvalue weighted by atomic mass is 35.5. The van der Waals surface area contributed by atoms with Gasteiger partial charge in [0.1, 0.15) is 5.54 Å². The van der Waals surface area contributed by atoms with Crippen molar-refractivity contribution in [1.29, 1.82) is 0 Å². The summed E-state index contributed by atoms with van der Waals surface area (Å²) in [6.07, 6.45) is 0.214. The molecule has 2 rings (SSSR count). The molecule has 1 aliphatic heterocycles. The SMILES string of the molecule is NC1(C(=O)O)CCN(C(=O)Nc2cc(Cl)cc(Cl)c2)C1. The molecule has 20 heavy (non-hydrogen) atoms. The number of nitrogens with one attached hydrogen (secondary N) is 1. The van der Waals surface area contributed by atoms with Crippen molar-refractivity contribution >= 4 is 40.9 Å². The van der Waals surface area contributed by atoms with Gasteiger partial charge in [0, 0.05) is 22.3 Å². The van der Waals surface area contributed by atoms with Gasteiger partial charge in [-0.3, -0.25) is 4.79 Å². The Hall–Kier alpha value is -1.50. The molecule has 0 aliphatic carbocycles. The standard InChI is InChI=1S/C12H13Cl2N3O3/c13-7-3-8(14)5-9(4-7)16-11(20)17-2-1-12(15,6-17)10(18)19/h3-5H,1-2,6,15H2,(H,16,20)(H,18,19). The zero-order valence-electron chi connectivity index (χ0n) is 10.4. The second kappa shape index (κ2) is 5.47. The van der Waals surface area contributed by atoms with Crippen LogP contribution in [0.3, 0.4) is 0 Å². The summed E-state index contributed by atoms with van der Waals surface area (Å²) >= 11 is 11.7. The Balaban J connectivity index is 2.05. The fourth-order valence-corrected chi connectivity index (χ4v) is 2.54. The van der Waals surface area contributed by atoms with E-state index in [1.807, 2.05) is 0 Å². The number of carbonyl (C=O) groups excluding carboxylic acids is 1. The normalized spacial score (nSPS) is 21.9. The van der Waals surface area contributed by atoms with E-state index in [0.717, 1.165) is 0 Å². The van der Waals surface area contributed by atoms with Crippen LogP contribution in [-0.2, 0) is 4.79 Å². The zero-order chi connectivity index (χ0) is 14.9. The van der Waals surface area contributed by atoms with Crippen molar-refractivity contribution in [2.24, 2.45) is 5.73 Å². The topological polar surface area (TPSA) is 95.7 Å². The number of nitrogens with two attached hydrogens (primary N) is 1. The highest BCUT2D eigenvalue weighted by molar-refractivity contribution is 6.35. The van der Waals surface area contributed by atoms with Gasteiger partial charge in [-0.25, -0.2) is 4.79 Å². The van der Waals surface area contributed by atoms with Crippen LogP contribution < -0.4 is 11.1 Å². The summed E-state index contributed by atoms with van der Waals surface area (Å²) < 4.78 is 0. The number of carboxylic acids is 1. The van der Waals surface area contributed by atoms with Gasteiger partial charge < -0.3 is 21.1 Å². The molecular formula is C12H13Cl2N3O3. The molecule has 1 aromatic carbocycles. The van der Waals surface area contributed by atoms with Crippen molar-refractivity contribution in [3.8, 4) is 0 Å². The Morgan fingerprint density at radius 2 is 1.90 bits per heavy atom. The Morgan fingerprint density at radius 1 is 1.30 bits per heavy atom. The van der Waals surface area contributed by atoms with E-state index in [-0.39, 0.29) is 19.5 Å². The van der Waals surface area contributed by atoms with Gasteiger partial charge in [-0.05, 0) is 24.6 Å². The maximum atomic E-state index is 12.0. The number of amides is 2. The van der Waals surface area contributed by atoms with E-state index in [4.69, 9.17) is 34.0 Å². The van der Waals surface area contributed by atoms with Crippen molar-refractivity contribution in [3.05, 3.63) is 28.2 Å². The van der Waals surface area contributed by atoms with E-state index in [1.54, 1.807) is 18.2 Å². The fourth-order valence-electron chi connectivity index (χ4n) is 2.01. The first-order valence-corrected chi connectivity index (χ1v) is 6.60. The van der Waals surface area contributed by atoms with Crippen LogP contribution in [0.4, 0.5) is 10.5 Å². The van der Waals surface area contributed by atoms with Gasteiger partial charge in [0.15, 0.2) is 0 Å². The molecule has 1 unspecified atom stereocenters. The maximum absolute atomic E-state index is 12.0. The lowest BCUT2D eigenvalue weighted by molar-refractivity contribution is -0.142. The molecule has 0 aromatic heterocycles. The summed E-state index contributed by atoms with van der Waals surface area (Å²) in [4.78, 5) is 24.4. The Labute approximate surface area is 125 Å². The van der Waals surface area contributed by atoms with Crippen LogP contribution in [0, 0.1) is 0 Å². The summed E-state index contributed by atoms with van der Waals surface area (Å²) in [5.74, 6) is -1.11. The van der Waals surface area contributed by atoms with Crippen molar-refractivity contribution in [2.75, 3.05) is 18.4 Å². The van der Waals surface area contributed by atoms with Gasteiger partial charge in [0.25, 0.3) is 0 Å². The fraction of sp³-hybridized carbons (Fsp3) is 0.333. The van der Waals surface area contributed by atoms with Crippen LogP contribution in [0.5, 0.6) is 0 Å². The molecule has 1 atom stereocenters. The summed E-state index contributed by atoms with van der Waals surface area (Å²) in [5.41, 5.74) is 4.76. The van der Waals surface area contributed by atoms with Gasteiger partial charge in [-0.2, -0.15) is 0 Å². The molecule has 1 fully saturated rings. The second-order valence-corrected chi connectivity index (χ2v) is 5.59. The molecule has 0 radical (unpaired) electrons. The number of carboxylic acid groups (broad SMARTS) is 1. The third-order valence-electron chi connectivity index (χ3n) is 3.13. The Bertz CT molecular complexity index is 547. The van der Waals surface area contributed by atoms with Crippen molar-refractivity contribution < 1.29 is 14.7 Å². The molecule has 2 amide bonds. The minimum absolute atomic E-state index is 0.0392. The van der Waals surface area contributed by atoms with E-state index in [2.05, 4.69) is 5.32 Å². The zero-order valence-corrected chi connectivity index (χ0v) is 11.9. The first-order valence-electron chi connectivity index (χ1n) is 5.84. The quantitative estimate of drug-likeness (QED) is 0.777. The van der Waals surface area contributed by atoms with Gasteiger partial charge >= 0.3 is 12.0 Å². The lowest BCUT2D eigenvalue weighted by atomic mass is 10.0. The van der Waals surface area contributed by atoms with Crippen LogP contribution >= 0.6 is 23.2 Å². The smallest absolute Gasteiger partial charge is 0.325 e. The molecule has 0 spiro atoms. The molecule has 1 heterocycles. The van der Waals surface area contributed by atoms with Gasteiger partial charge in [-0.1, -0.05) is 23.2 Å². The average molecular weight is 318 g/mol. The number of nitrogens with zero attached hydrogens (tertiary/aromatic N) is 1. The van der Waals surface area contributed by atoms with Crippen molar-refractivity contribution in [2.45, 2.75) is 12.0 Å². The lowest BCUT2D eigenvalue weighted by Gasteiger charge is -2.20. The number of halogens is 2. The molecule has 1 saturated heterocycles. The second-order valence-electron chi connectivity index (χ2n) is 4.72. The van der Waals surface area contributed by atoms with Gasteiger partial charge in [0.2, 0.25) is 0 Å². The van der Waals surface area contributed by atoms with Crippen LogP contribution in [-0.4, -0.2) is 40.6 Å². The molecule has 1 aromatic rings. The molecule has 8 heteroatoms. The first kappa shape index (κ1) is 14.9. The minimum atomic E-state index is -1.39. The summed E-state index contributed by atoms with van der Waals surface area (Å²) in [7, 11) is 0. The maximum Gasteiger partial charge on any atom is 0.325 e. The number of rotatable bonds is 2. The third-order valence-corrected chi connectivity index (χ3v) is 3.56. The number of aliphatic carboxylic acids is 1. The van der Waals surface area contributed by atoms with Crippen molar-refractivity contribution in [3.63, 3.8) is 0 Å². The number of carbonyl (C=O) groups is 2. The molecule has 6 nitrogen and oxygen atoms in total. The van der Waals surface area contributed by atoms with E-state index in [0.29, 0.717) is 15.7 Å². The average Bonchev–Trinajstić information content (AvgIpc) is 2.72. The predicted molar refractivity (Wildman–Crippen MR) is 76.2 cm³/mol. The minimum Gasteiger partial charge on any atom is -0.480 e. The largest absolute Gasteiger partial charge is 0.480 e. The van der Waals surface area contributed by atoms with Crippen molar-refractivity contribution in [1.82, 2.24) is 4.90 Å². The lowest BCUT2D eigenvalue weighted by Crippen LogP contribution is -2.51. The number of hydrogen-bond donors (Lipinski definition) is 3. The molecule has 4 N–H and O–H groups in total. The van der Waals surface area contributed by atoms with Crippen LogP contribution in [0.2, 0.25) is 10.0 Å². The van der Waals surface area contributed by atoms with Crippen LogP contribution in [0.15, 0.2) is 18.2 Å². The van der Waals surface area contributed by atoms with E-state index >= 15 is 0 Å². The van der Waals surface area contributed by atoms with E-state index in [1.165, 1.54) is 4.90 Å². The third kappa shape index (κ3) is 3.15. The Kier molecular flexibility index (Phi) is 4.08. The highest BCUT2D eigenvalue weighted by Gasteiger charge is 2.42. The van der Waals surface area contributed by atoms with Crippen LogP contribution in [0.25, 0.3) is 0 Å². The first-order chi connectivity index (χ1) is 9.30.